The lowest BCUT2D eigenvalue weighted by atomic mass is 10.1. The zero-order valence-corrected chi connectivity index (χ0v) is 11.6. The first kappa shape index (κ1) is 14.0. The summed E-state index contributed by atoms with van der Waals surface area (Å²) in [5, 5.41) is 8.93. The third-order valence-corrected chi connectivity index (χ3v) is 4.29. The fraction of sp³-hybridized carbons (Fsp3) is 0.538. The van der Waals surface area contributed by atoms with Crippen molar-refractivity contribution >= 4 is 23.6 Å². The number of carboxylic acid groups (broad SMARTS) is 1. The highest BCUT2D eigenvalue weighted by molar-refractivity contribution is 7.99. The minimum atomic E-state index is -0.867. The van der Waals surface area contributed by atoms with Crippen molar-refractivity contribution in [1.82, 2.24) is 4.90 Å². The van der Waals surface area contributed by atoms with Crippen LogP contribution in [0.2, 0.25) is 0 Å². The molecular weight excluding hydrogens is 266 g/mol. The summed E-state index contributed by atoms with van der Waals surface area (Å²) in [6.45, 7) is 2.52. The van der Waals surface area contributed by atoms with E-state index in [4.69, 9.17) is 9.52 Å². The Kier molecular flexibility index (Phi) is 4.52. The Labute approximate surface area is 116 Å². The molecule has 1 aromatic rings. The SMILES string of the molecule is CCc1occc1C(=O)N1CCSCC1CC(=O)O. The molecule has 6 heteroatoms. The molecule has 1 unspecified atom stereocenters. The van der Waals surface area contributed by atoms with E-state index in [1.165, 1.54) is 6.26 Å². The van der Waals surface area contributed by atoms with E-state index in [0.717, 1.165) is 5.75 Å². The van der Waals surface area contributed by atoms with Crippen molar-refractivity contribution < 1.29 is 19.1 Å². The molecule has 1 aromatic heterocycles. The van der Waals surface area contributed by atoms with E-state index in [2.05, 4.69) is 0 Å². The summed E-state index contributed by atoms with van der Waals surface area (Å²) in [5.74, 6) is 1.21. The van der Waals surface area contributed by atoms with Gasteiger partial charge in [0.05, 0.1) is 24.3 Å². The summed E-state index contributed by atoms with van der Waals surface area (Å²) >= 11 is 1.69. The van der Waals surface area contributed by atoms with E-state index in [0.29, 0.717) is 30.0 Å². The van der Waals surface area contributed by atoms with Crippen molar-refractivity contribution in [3.8, 4) is 0 Å². The first-order valence-corrected chi connectivity index (χ1v) is 7.45. The van der Waals surface area contributed by atoms with Crippen LogP contribution in [0.15, 0.2) is 16.7 Å². The van der Waals surface area contributed by atoms with Gasteiger partial charge in [-0.25, -0.2) is 0 Å². The maximum atomic E-state index is 12.5. The molecule has 1 aliphatic heterocycles. The Bertz CT molecular complexity index is 471. The number of thioether (sulfide) groups is 1. The molecule has 1 fully saturated rings. The molecular formula is C13H17NO4S. The first-order valence-electron chi connectivity index (χ1n) is 6.30. The zero-order chi connectivity index (χ0) is 13.8. The second kappa shape index (κ2) is 6.14. The Hall–Kier alpha value is -1.43. The van der Waals surface area contributed by atoms with Crippen molar-refractivity contribution in [2.45, 2.75) is 25.8 Å². The van der Waals surface area contributed by atoms with Crippen LogP contribution < -0.4 is 0 Å². The highest BCUT2D eigenvalue weighted by Gasteiger charge is 2.30. The molecule has 1 saturated heterocycles. The minimum absolute atomic E-state index is 0.00193. The van der Waals surface area contributed by atoms with E-state index >= 15 is 0 Å². The Morgan fingerprint density at radius 2 is 2.37 bits per heavy atom. The van der Waals surface area contributed by atoms with Gasteiger partial charge in [0, 0.05) is 24.5 Å². The number of rotatable bonds is 4. The fourth-order valence-electron chi connectivity index (χ4n) is 2.25. The number of hydrogen-bond acceptors (Lipinski definition) is 4. The number of hydrogen-bond donors (Lipinski definition) is 1. The second-order valence-corrected chi connectivity index (χ2v) is 5.59. The number of furan rings is 1. The Balaban J connectivity index is 2.17. The molecule has 19 heavy (non-hydrogen) atoms. The van der Waals surface area contributed by atoms with Crippen LogP contribution >= 0.6 is 11.8 Å². The van der Waals surface area contributed by atoms with Crippen LogP contribution in [0.25, 0.3) is 0 Å². The highest BCUT2D eigenvalue weighted by Crippen LogP contribution is 2.23. The molecule has 1 amide bonds. The van der Waals surface area contributed by atoms with Crippen molar-refractivity contribution in [3.05, 3.63) is 23.7 Å². The van der Waals surface area contributed by atoms with Crippen LogP contribution in [0.3, 0.4) is 0 Å². The fourth-order valence-corrected chi connectivity index (χ4v) is 3.31. The number of amides is 1. The number of carbonyl (C=O) groups is 2. The van der Waals surface area contributed by atoms with Gasteiger partial charge in [-0.2, -0.15) is 11.8 Å². The lowest BCUT2D eigenvalue weighted by Crippen LogP contribution is -2.47. The average molecular weight is 283 g/mol. The van der Waals surface area contributed by atoms with E-state index < -0.39 is 5.97 Å². The molecule has 2 rings (SSSR count). The molecule has 1 atom stereocenters. The lowest BCUT2D eigenvalue weighted by molar-refractivity contribution is -0.138. The Morgan fingerprint density at radius 3 is 3.05 bits per heavy atom. The molecule has 1 aliphatic rings. The van der Waals surface area contributed by atoms with Gasteiger partial charge >= 0.3 is 5.97 Å². The molecule has 104 valence electrons. The van der Waals surface area contributed by atoms with E-state index in [1.54, 1.807) is 22.7 Å². The third-order valence-electron chi connectivity index (χ3n) is 3.20. The van der Waals surface area contributed by atoms with Crippen molar-refractivity contribution in [1.29, 1.82) is 0 Å². The number of carbonyl (C=O) groups excluding carboxylic acids is 1. The molecule has 0 aromatic carbocycles. The highest BCUT2D eigenvalue weighted by atomic mass is 32.2. The number of nitrogens with zero attached hydrogens (tertiary/aromatic N) is 1. The van der Waals surface area contributed by atoms with Crippen LogP contribution in [0.5, 0.6) is 0 Å². The normalized spacial score (nSPS) is 19.4. The van der Waals surface area contributed by atoms with Gasteiger partial charge in [-0.05, 0) is 6.07 Å². The van der Waals surface area contributed by atoms with Crippen LogP contribution in [0.1, 0.15) is 29.5 Å². The standard InChI is InChI=1S/C13H17NO4S/c1-2-11-10(3-5-18-11)13(17)14-4-6-19-8-9(14)7-12(15)16/h3,5,9H,2,4,6-8H2,1H3,(H,15,16). The van der Waals surface area contributed by atoms with Gasteiger partial charge in [-0.1, -0.05) is 6.92 Å². The van der Waals surface area contributed by atoms with Crippen LogP contribution in [0, 0.1) is 0 Å². The molecule has 0 spiro atoms. The summed E-state index contributed by atoms with van der Waals surface area (Å²) in [4.78, 5) is 25.1. The van der Waals surface area contributed by atoms with Gasteiger partial charge in [0.25, 0.3) is 5.91 Å². The molecule has 1 N–H and O–H groups in total. The average Bonchev–Trinajstić information content (AvgIpc) is 2.86. The number of aliphatic carboxylic acids is 1. The monoisotopic (exact) mass is 283 g/mol. The largest absolute Gasteiger partial charge is 0.481 e. The molecule has 0 saturated carbocycles. The quantitative estimate of drug-likeness (QED) is 0.913. The topological polar surface area (TPSA) is 70.8 Å². The number of carboxylic acids is 1. The lowest BCUT2D eigenvalue weighted by Gasteiger charge is -2.34. The van der Waals surface area contributed by atoms with Gasteiger partial charge in [-0.15, -0.1) is 0 Å². The molecule has 5 nitrogen and oxygen atoms in total. The maximum Gasteiger partial charge on any atom is 0.305 e. The third kappa shape index (κ3) is 3.12. The van der Waals surface area contributed by atoms with Crippen molar-refractivity contribution in [3.63, 3.8) is 0 Å². The Morgan fingerprint density at radius 1 is 1.58 bits per heavy atom. The maximum absolute atomic E-state index is 12.5. The van der Waals surface area contributed by atoms with Gasteiger partial charge in [0.15, 0.2) is 0 Å². The predicted molar refractivity (Wildman–Crippen MR) is 72.5 cm³/mol. The summed E-state index contributed by atoms with van der Waals surface area (Å²) in [6, 6.07) is 1.43. The molecule has 2 heterocycles. The van der Waals surface area contributed by atoms with Crippen LogP contribution in [-0.2, 0) is 11.2 Å². The summed E-state index contributed by atoms with van der Waals surface area (Å²) in [5.41, 5.74) is 0.560. The van der Waals surface area contributed by atoms with Gasteiger partial charge in [0.1, 0.15) is 5.76 Å². The molecule has 0 aliphatic carbocycles. The number of aryl methyl sites for hydroxylation is 1. The smallest absolute Gasteiger partial charge is 0.305 e. The molecule has 0 bridgehead atoms. The zero-order valence-electron chi connectivity index (χ0n) is 10.8. The van der Waals surface area contributed by atoms with Crippen LogP contribution in [-0.4, -0.2) is 46.0 Å². The first-order chi connectivity index (χ1) is 9.13. The van der Waals surface area contributed by atoms with Gasteiger partial charge < -0.3 is 14.4 Å². The van der Waals surface area contributed by atoms with E-state index in [9.17, 15) is 9.59 Å². The molecule has 0 radical (unpaired) electrons. The van der Waals surface area contributed by atoms with Crippen molar-refractivity contribution in [2.75, 3.05) is 18.1 Å². The van der Waals surface area contributed by atoms with Gasteiger partial charge in [0.2, 0.25) is 0 Å². The van der Waals surface area contributed by atoms with Gasteiger partial charge in [-0.3, -0.25) is 9.59 Å². The van der Waals surface area contributed by atoms with Crippen LogP contribution in [0.4, 0.5) is 0 Å². The summed E-state index contributed by atoms with van der Waals surface area (Å²) < 4.78 is 5.27. The van der Waals surface area contributed by atoms with E-state index in [-0.39, 0.29) is 18.4 Å². The minimum Gasteiger partial charge on any atom is -0.481 e. The summed E-state index contributed by atoms with van der Waals surface area (Å²) in [7, 11) is 0. The second-order valence-electron chi connectivity index (χ2n) is 4.44. The van der Waals surface area contributed by atoms with Crippen molar-refractivity contribution in [2.24, 2.45) is 0 Å². The predicted octanol–water partition coefficient (Wildman–Crippen LogP) is 1.87. The van der Waals surface area contributed by atoms with E-state index in [1.807, 2.05) is 6.92 Å². The summed E-state index contributed by atoms with van der Waals surface area (Å²) in [6.07, 6.45) is 2.16.